The van der Waals surface area contributed by atoms with E-state index in [-0.39, 0.29) is 5.82 Å². The molecule has 1 heteroatoms. The number of halogens is 1. The minimum Gasteiger partial charge on any atom is -0.206 e. The third-order valence-electron chi connectivity index (χ3n) is 2.70. The normalized spacial score (nSPS) is 16.6. The zero-order valence-electron chi connectivity index (χ0n) is 7.52. The van der Waals surface area contributed by atoms with Gasteiger partial charge in [-0.15, -0.1) is 0 Å². The van der Waals surface area contributed by atoms with Crippen LogP contribution in [-0.2, 0) is 0 Å². The Morgan fingerprint density at radius 3 is 2.50 bits per heavy atom. The van der Waals surface area contributed by atoms with E-state index in [9.17, 15) is 4.39 Å². The maximum absolute atomic E-state index is 13.6. The van der Waals surface area contributed by atoms with Gasteiger partial charge in [-0.25, -0.2) is 4.39 Å². The summed E-state index contributed by atoms with van der Waals surface area (Å²) >= 11 is 0. The van der Waals surface area contributed by atoms with Crippen LogP contribution in [0.3, 0.4) is 0 Å². The van der Waals surface area contributed by atoms with Crippen molar-refractivity contribution in [3.05, 3.63) is 34.6 Å². The average molecular weight is 164 g/mol. The molecule has 0 N–H and O–H groups in total. The van der Waals surface area contributed by atoms with Crippen molar-refractivity contribution in [1.82, 2.24) is 0 Å². The van der Waals surface area contributed by atoms with Gasteiger partial charge in [0.1, 0.15) is 5.82 Å². The second kappa shape index (κ2) is 2.58. The Bertz CT molecular complexity index is 311. The van der Waals surface area contributed by atoms with E-state index in [1.54, 1.807) is 0 Å². The van der Waals surface area contributed by atoms with Crippen molar-refractivity contribution in [2.75, 3.05) is 0 Å². The van der Waals surface area contributed by atoms with Crippen molar-refractivity contribution in [2.45, 2.75) is 32.6 Å². The van der Waals surface area contributed by atoms with Crippen LogP contribution in [0.2, 0.25) is 0 Å². The summed E-state index contributed by atoms with van der Waals surface area (Å²) in [7, 11) is 0. The summed E-state index contributed by atoms with van der Waals surface area (Å²) < 4.78 is 13.6. The Hall–Kier alpha value is -0.850. The van der Waals surface area contributed by atoms with Crippen molar-refractivity contribution in [3.8, 4) is 0 Å². The second-order valence-electron chi connectivity index (χ2n) is 3.68. The van der Waals surface area contributed by atoms with E-state index in [1.165, 1.54) is 12.8 Å². The van der Waals surface area contributed by atoms with Gasteiger partial charge in [0.05, 0.1) is 0 Å². The van der Waals surface area contributed by atoms with Gasteiger partial charge in [0.2, 0.25) is 0 Å². The minimum absolute atomic E-state index is 0.0255. The first-order chi connectivity index (χ1) is 5.70. The summed E-state index contributed by atoms with van der Waals surface area (Å²) in [4.78, 5) is 0. The Labute approximate surface area is 72.4 Å². The van der Waals surface area contributed by atoms with Crippen LogP contribution in [0.1, 0.15) is 35.4 Å². The highest BCUT2D eigenvalue weighted by Crippen LogP contribution is 2.41. The zero-order chi connectivity index (χ0) is 8.72. The number of hydrogen-bond acceptors (Lipinski definition) is 0. The van der Waals surface area contributed by atoms with E-state index in [0.717, 1.165) is 16.7 Å². The third kappa shape index (κ3) is 1.13. The number of hydrogen-bond donors (Lipinski definition) is 0. The molecule has 1 saturated carbocycles. The Balaban J connectivity index is 2.49. The predicted molar refractivity (Wildman–Crippen MR) is 47.8 cm³/mol. The molecule has 0 amide bonds. The first kappa shape index (κ1) is 7.78. The van der Waals surface area contributed by atoms with E-state index < -0.39 is 0 Å². The molecule has 1 aliphatic rings. The van der Waals surface area contributed by atoms with Crippen LogP contribution < -0.4 is 0 Å². The topological polar surface area (TPSA) is 0 Å². The number of aryl methyl sites for hydroxylation is 1. The van der Waals surface area contributed by atoms with E-state index >= 15 is 0 Å². The summed E-state index contributed by atoms with van der Waals surface area (Å²) in [5.74, 6) is 0.543. The van der Waals surface area contributed by atoms with Gasteiger partial charge in [-0.05, 0) is 49.3 Å². The second-order valence-corrected chi connectivity index (χ2v) is 3.68. The molecule has 1 aromatic rings. The molecule has 0 atom stereocenters. The zero-order valence-corrected chi connectivity index (χ0v) is 7.52. The largest absolute Gasteiger partial charge is 0.206 e. The lowest BCUT2D eigenvalue weighted by atomic mass is 10.0. The van der Waals surface area contributed by atoms with E-state index in [1.807, 2.05) is 26.0 Å². The van der Waals surface area contributed by atoms with Gasteiger partial charge in [0, 0.05) is 0 Å². The SMILES string of the molecule is Cc1ccc(C2CC2)c(F)c1C. The Morgan fingerprint density at radius 2 is 1.92 bits per heavy atom. The first-order valence-electron chi connectivity index (χ1n) is 4.45. The van der Waals surface area contributed by atoms with Crippen molar-refractivity contribution in [1.29, 1.82) is 0 Å². The fraction of sp³-hybridized carbons (Fsp3) is 0.455. The van der Waals surface area contributed by atoms with E-state index in [0.29, 0.717) is 5.92 Å². The summed E-state index contributed by atoms with van der Waals surface area (Å²) in [6, 6.07) is 3.96. The van der Waals surface area contributed by atoms with Crippen LogP contribution in [0.15, 0.2) is 12.1 Å². The summed E-state index contributed by atoms with van der Waals surface area (Å²) in [5, 5.41) is 0. The standard InChI is InChI=1S/C11H13F/c1-7-3-6-10(9-4-5-9)11(12)8(7)2/h3,6,9H,4-5H2,1-2H3. The van der Waals surface area contributed by atoms with Crippen molar-refractivity contribution < 1.29 is 4.39 Å². The Kier molecular flexibility index (Phi) is 1.67. The van der Waals surface area contributed by atoms with Crippen LogP contribution in [-0.4, -0.2) is 0 Å². The molecule has 0 unspecified atom stereocenters. The molecule has 1 fully saturated rings. The highest BCUT2D eigenvalue weighted by Gasteiger charge is 2.27. The molecule has 12 heavy (non-hydrogen) atoms. The first-order valence-corrected chi connectivity index (χ1v) is 4.45. The molecule has 0 bridgehead atoms. The quantitative estimate of drug-likeness (QED) is 0.597. The monoisotopic (exact) mass is 164 g/mol. The van der Waals surface area contributed by atoms with Gasteiger partial charge in [0.25, 0.3) is 0 Å². The molecule has 2 rings (SSSR count). The number of benzene rings is 1. The fourth-order valence-electron chi connectivity index (χ4n) is 1.51. The van der Waals surface area contributed by atoms with E-state index in [4.69, 9.17) is 0 Å². The summed E-state index contributed by atoms with van der Waals surface area (Å²) in [6.45, 7) is 3.81. The highest BCUT2D eigenvalue weighted by atomic mass is 19.1. The highest BCUT2D eigenvalue weighted by molar-refractivity contribution is 5.35. The summed E-state index contributed by atoms with van der Waals surface area (Å²) in [6.07, 6.45) is 2.33. The van der Waals surface area contributed by atoms with Gasteiger partial charge in [-0.1, -0.05) is 12.1 Å². The van der Waals surface area contributed by atoms with Gasteiger partial charge in [-0.2, -0.15) is 0 Å². The molecule has 1 aliphatic carbocycles. The smallest absolute Gasteiger partial charge is 0.129 e. The molecule has 0 radical (unpaired) electrons. The Morgan fingerprint density at radius 1 is 1.25 bits per heavy atom. The predicted octanol–water partition coefficient (Wildman–Crippen LogP) is 3.32. The molecular formula is C11H13F. The molecule has 0 nitrogen and oxygen atoms in total. The van der Waals surface area contributed by atoms with Crippen LogP contribution in [0.25, 0.3) is 0 Å². The molecule has 0 heterocycles. The van der Waals surface area contributed by atoms with Gasteiger partial charge < -0.3 is 0 Å². The molecule has 0 spiro atoms. The van der Waals surface area contributed by atoms with Gasteiger partial charge in [0.15, 0.2) is 0 Å². The van der Waals surface area contributed by atoms with Gasteiger partial charge in [-0.3, -0.25) is 0 Å². The molecule has 0 saturated heterocycles. The van der Waals surface area contributed by atoms with Gasteiger partial charge >= 0.3 is 0 Å². The van der Waals surface area contributed by atoms with Crippen molar-refractivity contribution in [2.24, 2.45) is 0 Å². The van der Waals surface area contributed by atoms with Crippen LogP contribution in [0.5, 0.6) is 0 Å². The minimum atomic E-state index is 0.0255. The maximum Gasteiger partial charge on any atom is 0.129 e. The van der Waals surface area contributed by atoms with Crippen LogP contribution in [0.4, 0.5) is 4.39 Å². The number of rotatable bonds is 1. The fourth-order valence-corrected chi connectivity index (χ4v) is 1.51. The molecular weight excluding hydrogens is 151 g/mol. The lowest BCUT2D eigenvalue weighted by molar-refractivity contribution is 0.600. The van der Waals surface area contributed by atoms with Crippen LogP contribution in [0, 0.1) is 19.7 Å². The van der Waals surface area contributed by atoms with Crippen molar-refractivity contribution >= 4 is 0 Å². The molecule has 1 aromatic carbocycles. The lowest BCUT2D eigenvalue weighted by Gasteiger charge is -2.06. The van der Waals surface area contributed by atoms with Crippen LogP contribution >= 0.6 is 0 Å². The average Bonchev–Trinajstić information content (AvgIpc) is 2.84. The van der Waals surface area contributed by atoms with E-state index in [2.05, 4.69) is 0 Å². The third-order valence-corrected chi connectivity index (χ3v) is 2.70. The summed E-state index contributed by atoms with van der Waals surface area (Å²) in [5.41, 5.74) is 2.80. The van der Waals surface area contributed by atoms with Crippen molar-refractivity contribution in [3.63, 3.8) is 0 Å². The maximum atomic E-state index is 13.6. The molecule has 64 valence electrons. The molecule has 0 aromatic heterocycles. The molecule has 0 aliphatic heterocycles. The lowest BCUT2D eigenvalue weighted by Crippen LogP contribution is -1.93.